The Morgan fingerprint density at radius 2 is 2.39 bits per heavy atom. The average molecular weight is 266 g/mol. The van der Waals surface area contributed by atoms with Crippen molar-refractivity contribution in [2.24, 2.45) is 0 Å². The van der Waals surface area contributed by atoms with E-state index in [9.17, 15) is 10.1 Å². The number of benzene rings is 1. The molecule has 0 radical (unpaired) electrons. The van der Waals surface area contributed by atoms with Gasteiger partial charge in [-0.05, 0) is 31.1 Å². The summed E-state index contributed by atoms with van der Waals surface area (Å²) in [5.74, 6) is 1.25. The van der Waals surface area contributed by atoms with Crippen LogP contribution in [0.5, 0.6) is 0 Å². The monoisotopic (exact) mass is 266 g/mol. The van der Waals surface area contributed by atoms with Crippen LogP contribution in [0, 0.1) is 10.1 Å². The molecule has 1 N–H and O–H groups in total. The molecule has 0 aliphatic carbocycles. The molecular weight excluding hydrogens is 248 g/mol. The number of nitro groups is 1. The molecule has 98 valence electrons. The van der Waals surface area contributed by atoms with Crippen molar-refractivity contribution in [3.63, 3.8) is 0 Å². The fraction of sp³-hybridized carbons (Fsp3) is 0.538. The zero-order valence-corrected chi connectivity index (χ0v) is 11.3. The van der Waals surface area contributed by atoms with Gasteiger partial charge >= 0.3 is 0 Å². The minimum Gasteiger partial charge on any atom is -0.311 e. The molecule has 1 aromatic carbocycles. The van der Waals surface area contributed by atoms with E-state index in [-0.39, 0.29) is 10.6 Å². The largest absolute Gasteiger partial charge is 0.311 e. The second-order valence-electron chi connectivity index (χ2n) is 4.93. The van der Waals surface area contributed by atoms with Crippen LogP contribution in [0.2, 0.25) is 0 Å². The lowest BCUT2D eigenvalue weighted by molar-refractivity contribution is -0.384. The molecule has 1 aliphatic rings. The number of rotatable bonds is 5. The lowest BCUT2D eigenvalue weighted by atomic mass is 10.1. The summed E-state index contributed by atoms with van der Waals surface area (Å²) in [6.07, 6.45) is 2.54. The lowest BCUT2D eigenvalue weighted by Gasteiger charge is -2.22. The Morgan fingerprint density at radius 1 is 1.56 bits per heavy atom. The molecule has 1 aliphatic heterocycles. The number of thioether (sulfide) groups is 1. The van der Waals surface area contributed by atoms with Crippen LogP contribution in [0.4, 0.5) is 5.69 Å². The molecule has 1 heterocycles. The minimum absolute atomic E-state index is 0.163. The highest BCUT2D eigenvalue weighted by molar-refractivity contribution is 8.00. The van der Waals surface area contributed by atoms with Crippen molar-refractivity contribution in [1.29, 1.82) is 0 Å². The average Bonchev–Trinajstić information content (AvgIpc) is 2.77. The highest BCUT2D eigenvalue weighted by Gasteiger charge is 2.28. The topological polar surface area (TPSA) is 55.2 Å². The fourth-order valence-electron chi connectivity index (χ4n) is 2.23. The zero-order valence-electron chi connectivity index (χ0n) is 10.5. The number of hydrogen-bond acceptors (Lipinski definition) is 4. The second-order valence-corrected chi connectivity index (χ2v) is 6.62. The van der Waals surface area contributed by atoms with Gasteiger partial charge in [0.25, 0.3) is 5.69 Å². The van der Waals surface area contributed by atoms with E-state index >= 15 is 0 Å². The minimum atomic E-state index is -0.350. The molecular formula is C13H18N2O2S. The van der Waals surface area contributed by atoms with Gasteiger partial charge in [0.1, 0.15) is 0 Å². The van der Waals surface area contributed by atoms with Gasteiger partial charge in [-0.25, -0.2) is 0 Å². The quantitative estimate of drug-likeness (QED) is 0.657. The van der Waals surface area contributed by atoms with Crippen molar-refractivity contribution in [3.8, 4) is 0 Å². The first-order valence-corrected chi connectivity index (χ1v) is 7.16. The van der Waals surface area contributed by atoms with E-state index in [0.717, 1.165) is 12.1 Å². The summed E-state index contributed by atoms with van der Waals surface area (Å²) in [5.41, 5.74) is 1.13. The van der Waals surface area contributed by atoms with Crippen molar-refractivity contribution in [1.82, 2.24) is 5.32 Å². The van der Waals surface area contributed by atoms with Crippen LogP contribution in [-0.4, -0.2) is 22.0 Å². The maximum atomic E-state index is 10.7. The van der Waals surface area contributed by atoms with E-state index in [1.165, 1.54) is 24.7 Å². The van der Waals surface area contributed by atoms with Gasteiger partial charge in [-0.15, -0.1) is 0 Å². The van der Waals surface area contributed by atoms with Crippen molar-refractivity contribution in [2.45, 2.75) is 31.1 Å². The first-order valence-electron chi connectivity index (χ1n) is 6.17. The molecule has 1 unspecified atom stereocenters. The van der Waals surface area contributed by atoms with Crippen LogP contribution in [0.3, 0.4) is 0 Å². The highest BCUT2D eigenvalue weighted by Crippen LogP contribution is 2.36. The first-order chi connectivity index (χ1) is 8.59. The second kappa shape index (κ2) is 5.71. The Bertz CT molecular complexity index is 431. The van der Waals surface area contributed by atoms with Crippen LogP contribution in [0.25, 0.3) is 0 Å². The van der Waals surface area contributed by atoms with Crippen molar-refractivity contribution in [2.75, 3.05) is 12.3 Å². The molecule has 0 amide bonds. The highest BCUT2D eigenvalue weighted by atomic mass is 32.2. The summed E-state index contributed by atoms with van der Waals surface area (Å²) >= 11 is 2.02. The summed E-state index contributed by atoms with van der Waals surface area (Å²) in [7, 11) is 0. The Balaban J connectivity index is 1.86. The van der Waals surface area contributed by atoms with Gasteiger partial charge < -0.3 is 5.32 Å². The van der Waals surface area contributed by atoms with Crippen LogP contribution < -0.4 is 5.32 Å². The van der Waals surface area contributed by atoms with Crippen molar-refractivity contribution < 1.29 is 4.92 Å². The summed E-state index contributed by atoms with van der Waals surface area (Å²) in [6.45, 7) is 3.93. The molecule has 0 bridgehead atoms. The fourth-order valence-corrected chi connectivity index (χ4v) is 3.50. The van der Waals surface area contributed by atoms with Crippen LogP contribution >= 0.6 is 11.8 Å². The number of nitrogens with one attached hydrogen (secondary N) is 1. The molecule has 0 aromatic heterocycles. The van der Waals surface area contributed by atoms with Gasteiger partial charge in [0, 0.05) is 30.0 Å². The van der Waals surface area contributed by atoms with Crippen LogP contribution in [0.1, 0.15) is 25.3 Å². The number of nitro benzene ring substituents is 1. The molecule has 5 heteroatoms. The predicted octanol–water partition coefficient (Wildman–Crippen LogP) is 2.97. The molecule has 18 heavy (non-hydrogen) atoms. The predicted molar refractivity (Wildman–Crippen MR) is 74.9 cm³/mol. The van der Waals surface area contributed by atoms with E-state index in [2.05, 4.69) is 12.2 Å². The zero-order chi connectivity index (χ0) is 13.0. The lowest BCUT2D eigenvalue weighted by Crippen LogP contribution is -2.32. The molecule has 4 nitrogen and oxygen atoms in total. The van der Waals surface area contributed by atoms with Crippen LogP contribution in [0.15, 0.2) is 24.3 Å². The smallest absolute Gasteiger partial charge is 0.269 e. The van der Waals surface area contributed by atoms with Crippen molar-refractivity contribution >= 4 is 17.4 Å². The summed E-state index contributed by atoms with van der Waals surface area (Å²) in [6, 6.07) is 6.82. The molecule has 1 fully saturated rings. The maximum absolute atomic E-state index is 10.7. The van der Waals surface area contributed by atoms with E-state index < -0.39 is 0 Å². The third kappa shape index (κ3) is 3.46. The molecule has 2 rings (SSSR count). The van der Waals surface area contributed by atoms with E-state index in [1.54, 1.807) is 12.1 Å². The molecule has 1 atom stereocenters. The Kier molecular flexibility index (Phi) is 4.24. The summed E-state index contributed by atoms with van der Waals surface area (Å²) < 4.78 is 0.334. The maximum Gasteiger partial charge on any atom is 0.269 e. The van der Waals surface area contributed by atoms with E-state index in [4.69, 9.17) is 0 Å². The molecule has 0 spiro atoms. The molecule has 1 aromatic rings. The summed E-state index contributed by atoms with van der Waals surface area (Å²) in [4.78, 5) is 10.3. The molecule has 0 saturated carbocycles. The number of nitrogens with zero attached hydrogens (tertiary/aromatic N) is 1. The summed E-state index contributed by atoms with van der Waals surface area (Å²) in [5, 5.41) is 14.1. The third-order valence-electron chi connectivity index (χ3n) is 3.25. The van der Waals surface area contributed by atoms with Gasteiger partial charge in [0.05, 0.1) is 4.92 Å². The number of hydrogen-bond donors (Lipinski definition) is 1. The van der Waals surface area contributed by atoms with Gasteiger partial charge in [-0.1, -0.05) is 12.1 Å². The third-order valence-corrected chi connectivity index (χ3v) is 4.79. The number of non-ortho nitro benzene ring substituents is 1. The van der Waals surface area contributed by atoms with Crippen LogP contribution in [-0.2, 0) is 6.54 Å². The van der Waals surface area contributed by atoms with Gasteiger partial charge in [-0.2, -0.15) is 11.8 Å². The molecule has 1 saturated heterocycles. The van der Waals surface area contributed by atoms with E-state index in [0.29, 0.717) is 11.3 Å². The van der Waals surface area contributed by atoms with Gasteiger partial charge in [-0.3, -0.25) is 10.1 Å². The Hall–Kier alpha value is -1.07. The normalized spacial score (nSPS) is 23.2. The Morgan fingerprint density at radius 3 is 3.06 bits per heavy atom. The van der Waals surface area contributed by atoms with Gasteiger partial charge in [0.2, 0.25) is 0 Å². The van der Waals surface area contributed by atoms with E-state index in [1.807, 2.05) is 17.8 Å². The van der Waals surface area contributed by atoms with Gasteiger partial charge in [0.15, 0.2) is 0 Å². The first kappa shape index (κ1) is 13.4. The van der Waals surface area contributed by atoms with Crippen molar-refractivity contribution in [3.05, 3.63) is 39.9 Å². The Labute approximate surface area is 111 Å². The standard InChI is InChI=1S/C13H18N2O2S/c1-13(6-3-7-18-13)10-14-9-11-4-2-5-12(8-11)15(16)17/h2,4-5,8,14H,3,6-7,9-10H2,1H3. The SMILES string of the molecule is CC1(CNCc2cccc([N+](=O)[O-])c2)CCCS1.